The van der Waals surface area contributed by atoms with E-state index in [1.165, 1.54) is 57.8 Å². The highest BCUT2D eigenvalue weighted by molar-refractivity contribution is 5.71. The first-order valence-corrected chi connectivity index (χ1v) is 23.8. The highest BCUT2D eigenvalue weighted by Crippen LogP contribution is 2.13. The molecule has 0 radical (unpaired) electrons. The van der Waals surface area contributed by atoms with Gasteiger partial charge in [0.05, 0.1) is 0 Å². The third-order valence-electron chi connectivity index (χ3n) is 9.68. The largest absolute Gasteiger partial charge is 0.462 e. The predicted octanol–water partition coefficient (Wildman–Crippen LogP) is 15.4. The summed E-state index contributed by atoms with van der Waals surface area (Å²) in [5, 5.41) is 0. The van der Waals surface area contributed by atoms with E-state index in [2.05, 4.69) is 81.5 Å². The normalized spacial score (nSPS) is 12.9. The highest BCUT2D eigenvalue weighted by atomic mass is 16.6. The average molecular weight is 819 g/mol. The minimum absolute atomic E-state index is 0.102. The first-order valence-electron chi connectivity index (χ1n) is 23.8. The van der Waals surface area contributed by atoms with Gasteiger partial charge in [-0.1, -0.05) is 208 Å². The second kappa shape index (κ2) is 47.0. The van der Waals surface area contributed by atoms with Crippen molar-refractivity contribution in [3.63, 3.8) is 0 Å². The molecular weight excluding hydrogens is 733 g/mol. The molecule has 0 aromatic rings. The highest BCUT2D eigenvalue weighted by Gasteiger charge is 2.19. The lowest BCUT2D eigenvalue weighted by atomic mass is 10.1. The zero-order valence-electron chi connectivity index (χ0n) is 38.0. The fourth-order valence-corrected chi connectivity index (χ4v) is 6.13. The van der Waals surface area contributed by atoms with Gasteiger partial charge in [0, 0.05) is 19.3 Å². The molecule has 0 fully saturated rings. The maximum absolute atomic E-state index is 12.7. The van der Waals surface area contributed by atoms with Crippen molar-refractivity contribution in [1.29, 1.82) is 0 Å². The van der Waals surface area contributed by atoms with Gasteiger partial charge in [-0.25, -0.2) is 0 Å². The van der Waals surface area contributed by atoms with Gasteiger partial charge in [-0.05, 0) is 70.6 Å². The number of ether oxygens (including phenoxy) is 3. The molecule has 0 saturated carbocycles. The zero-order valence-corrected chi connectivity index (χ0v) is 38.0. The minimum atomic E-state index is -0.805. The van der Waals surface area contributed by atoms with E-state index < -0.39 is 6.10 Å². The molecule has 0 rings (SSSR count). The SMILES string of the molecule is CC/C=C\C/C=C\C/C=C\CCCCC(=O)OC(COC(=O)CCCCCCC\C=C/C=C\C=C/C=C\C=C/CCC)COC(=O)CCCCCCCCCCCCC. The van der Waals surface area contributed by atoms with E-state index in [1.807, 2.05) is 36.5 Å². The average Bonchev–Trinajstić information content (AvgIpc) is 3.23. The van der Waals surface area contributed by atoms with Crippen molar-refractivity contribution in [2.24, 2.45) is 0 Å². The van der Waals surface area contributed by atoms with Gasteiger partial charge in [0.1, 0.15) is 13.2 Å². The Kier molecular flexibility index (Phi) is 44.1. The van der Waals surface area contributed by atoms with Crippen LogP contribution in [-0.2, 0) is 28.6 Å². The van der Waals surface area contributed by atoms with Crippen LogP contribution in [0.15, 0.2) is 97.2 Å². The molecule has 0 aromatic carbocycles. The van der Waals surface area contributed by atoms with Crippen LogP contribution in [0, 0.1) is 0 Å². The molecule has 0 aliphatic heterocycles. The maximum atomic E-state index is 12.7. The van der Waals surface area contributed by atoms with Crippen molar-refractivity contribution in [1.82, 2.24) is 0 Å². The minimum Gasteiger partial charge on any atom is -0.462 e. The summed E-state index contributed by atoms with van der Waals surface area (Å²) >= 11 is 0. The third-order valence-corrected chi connectivity index (χ3v) is 9.68. The maximum Gasteiger partial charge on any atom is 0.306 e. The van der Waals surface area contributed by atoms with Crippen molar-refractivity contribution in [3.8, 4) is 0 Å². The molecule has 0 N–H and O–H groups in total. The lowest BCUT2D eigenvalue weighted by molar-refractivity contribution is -0.167. The second-order valence-electron chi connectivity index (χ2n) is 15.4. The van der Waals surface area contributed by atoms with Gasteiger partial charge in [-0.3, -0.25) is 14.4 Å². The van der Waals surface area contributed by atoms with Crippen LogP contribution in [0.3, 0.4) is 0 Å². The van der Waals surface area contributed by atoms with Gasteiger partial charge in [0.2, 0.25) is 0 Å². The number of rotatable bonds is 41. The number of esters is 3. The Labute approximate surface area is 362 Å². The van der Waals surface area contributed by atoms with Crippen LogP contribution >= 0.6 is 0 Å². The van der Waals surface area contributed by atoms with E-state index in [0.717, 1.165) is 96.3 Å². The first kappa shape index (κ1) is 55.3. The van der Waals surface area contributed by atoms with Crippen molar-refractivity contribution in [3.05, 3.63) is 97.2 Å². The van der Waals surface area contributed by atoms with Crippen LogP contribution in [0.5, 0.6) is 0 Å². The molecule has 0 aromatic heterocycles. The third kappa shape index (κ3) is 45.3. The van der Waals surface area contributed by atoms with Crippen molar-refractivity contribution in [2.45, 2.75) is 207 Å². The molecule has 0 saturated heterocycles. The molecule has 0 aliphatic rings. The standard InChI is InChI=1S/C53H86O6/c1-4-7-10-13-16-19-22-24-25-26-27-28-29-32-34-37-40-43-46-52(55)58-49-50(48-57-51(54)45-42-39-36-33-30-21-18-15-12-9-6-3)59-53(56)47-44-41-38-35-31-23-20-17-14-11-8-5-2/h8,10-11,13,16-17,19-20,22,24-28,31,35,50H,4-7,9,12,14-15,18,21,23,29-30,32-34,36-49H2,1-3H3/b11-8-,13-10-,19-16-,20-17-,24-22-,26-25-,28-27-,35-31-. The number of unbranched alkanes of at least 4 members (excludes halogenated alkanes) is 18. The molecule has 0 aliphatic carbocycles. The molecule has 0 amide bonds. The van der Waals surface area contributed by atoms with Gasteiger partial charge in [0.25, 0.3) is 0 Å². The molecule has 334 valence electrons. The fraction of sp³-hybridized carbons (Fsp3) is 0.642. The zero-order chi connectivity index (χ0) is 43.0. The first-order chi connectivity index (χ1) is 29.0. The monoisotopic (exact) mass is 819 g/mol. The van der Waals surface area contributed by atoms with Crippen LogP contribution in [-0.4, -0.2) is 37.2 Å². The Balaban J connectivity index is 4.48. The second-order valence-corrected chi connectivity index (χ2v) is 15.4. The van der Waals surface area contributed by atoms with Gasteiger partial charge in [0.15, 0.2) is 6.10 Å². The van der Waals surface area contributed by atoms with Gasteiger partial charge in [-0.15, -0.1) is 0 Å². The van der Waals surface area contributed by atoms with E-state index >= 15 is 0 Å². The number of allylic oxidation sites excluding steroid dienone is 16. The Morgan fingerprint density at radius 1 is 0.373 bits per heavy atom. The molecule has 59 heavy (non-hydrogen) atoms. The summed E-state index contributed by atoms with van der Waals surface area (Å²) < 4.78 is 16.7. The Hall–Kier alpha value is -3.67. The summed E-state index contributed by atoms with van der Waals surface area (Å²) in [7, 11) is 0. The van der Waals surface area contributed by atoms with E-state index in [-0.39, 0.29) is 37.5 Å². The summed E-state index contributed by atoms with van der Waals surface area (Å²) in [6.45, 7) is 6.35. The van der Waals surface area contributed by atoms with Crippen molar-refractivity contribution < 1.29 is 28.6 Å². The topological polar surface area (TPSA) is 78.9 Å². The summed E-state index contributed by atoms with van der Waals surface area (Å²) in [5.41, 5.74) is 0. The molecular formula is C53H86O6. The van der Waals surface area contributed by atoms with Crippen LogP contribution in [0.2, 0.25) is 0 Å². The Morgan fingerprint density at radius 2 is 0.763 bits per heavy atom. The number of hydrogen-bond acceptors (Lipinski definition) is 6. The molecule has 0 heterocycles. The lowest BCUT2D eigenvalue weighted by Crippen LogP contribution is -2.30. The van der Waals surface area contributed by atoms with E-state index in [1.54, 1.807) is 0 Å². The summed E-state index contributed by atoms with van der Waals surface area (Å²) in [5.74, 6) is -0.975. The predicted molar refractivity (Wildman–Crippen MR) is 251 cm³/mol. The Morgan fingerprint density at radius 3 is 1.29 bits per heavy atom. The molecule has 0 spiro atoms. The molecule has 1 unspecified atom stereocenters. The van der Waals surface area contributed by atoms with Crippen molar-refractivity contribution in [2.75, 3.05) is 13.2 Å². The van der Waals surface area contributed by atoms with Gasteiger partial charge in [-0.2, -0.15) is 0 Å². The summed E-state index contributed by atoms with van der Waals surface area (Å²) in [4.78, 5) is 37.8. The van der Waals surface area contributed by atoms with E-state index in [4.69, 9.17) is 14.2 Å². The summed E-state index contributed by atoms with van der Waals surface area (Å²) in [6.07, 6.45) is 61.0. The molecule has 6 nitrogen and oxygen atoms in total. The van der Waals surface area contributed by atoms with Gasteiger partial charge < -0.3 is 14.2 Å². The molecule has 0 bridgehead atoms. The number of carbonyl (C=O) groups is 3. The van der Waals surface area contributed by atoms with E-state index in [0.29, 0.717) is 19.3 Å². The van der Waals surface area contributed by atoms with Crippen LogP contribution in [0.1, 0.15) is 201 Å². The molecule has 6 heteroatoms. The quantitative estimate of drug-likeness (QED) is 0.0201. The van der Waals surface area contributed by atoms with E-state index in [9.17, 15) is 14.4 Å². The smallest absolute Gasteiger partial charge is 0.306 e. The summed E-state index contributed by atoms with van der Waals surface area (Å²) in [6, 6.07) is 0. The van der Waals surface area contributed by atoms with Gasteiger partial charge >= 0.3 is 17.9 Å². The Bertz CT molecular complexity index is 1220. The van der Waals surface area contributed by atoms with Crippen LogP contribution in [0.4, 0.5) is 0 Å². The van der Waals surface area contributed by atoms with Crippen molar-refractivity contribution >= 4 is 17.9 Å². The molecule has 1 atom stereocenters. The fourth-order valence-electron chi connectivity index (χ4n) is 6.13. The van der Waals surface area contributed by atoms with Crippen LogP contribution in [0.25, 0.3) is 0 Å². The number of carbonyl (C=O) groups excluding carboxylic acids is 3. The lowest BCUT2D eigenvalue weighted by Gasteiger charge is -2.18. The number of hydrogen-bond donors (Lipinski definition) is 0. The van der Waals surface area contributed by atoms with Crippen LogP contribution < -0.4 is 0 Å².